The van der Waals surface area contributed by atoms with Gasteiger partial charge in [0.15, 0.2) is 0 Å². The number of halogens is 2. The fraction of sp³-hybridized carbons (Fsp3) is 0.571. The highest BCUT2D eigenvalue weighted by Crippen LogP contribution is 2.28. The van der Waals surface area contributed by atoms with Gasteiger partial charge in [0.25, 0.3) is 0 Å². The molecule has 1 aromatic carbocycles. The minimum absolute atomic E-state index is 0.0697. The monoisotopic (exact) mass is 330 g/mol. The molecule has 3 unspecified atom stereocenters. The average Bonchev–Trinajstić information content (AvgIpc) is 2.86. The molecule has 1 aromatic rings. The molecule has 2 rings (SSSR count). The summed E-state index contributed by atoms with van der Waals surface area (Å²) in [5.74, 6) is 0.0113. The third-order valence-electron chi connectivity index (χ3n) is 3.89. The van der Waals surface area contributed by atoms with Crippen LogP contribution < -0.4 is 11.1 Å². The molecule has 1 aliphatic rings. The Morgan fingerprint density at radius 1 is 1.47 bits per heavy atom. The van der Waals surface area contributed by atoms with Crippen LogP contribution in [0.3, 0.4) is 0 Å². The van der Waals surface area contributed by atoms with Gasteiger partial charge in [-0.05, 0) is 52.4 Å². The average molecular weight is 331 g/mol. The van der Waals surface area contributed by atoms with E-state index in [4.69, 9.17) is 5.73 Å². The maximum Gasteiger partial charge on any atom is 0.137 e. The quantitative estimate of drug-likeness (QED) is 0.776. The normalized spacial score (nSPS) is 24.6. The molecular weight excluding hydrogens is 311 g/mol. The van der Waals surface area contributed by atoms with Gasteiger partial charge < -0.3 is 16.2 Å². The minimum atomic E-state index is -0.275. The van der Waals surface area contributed by atoms with Crippen LogP contribution >= 0.6 is 15.9 Å². The number of benzene rings is 1. The second kappa shape index (κ2) is 6.79. The molecule has 1 fully saturated rings. The fourth-order valence-electron chi connectivity index (χ4n) is 2.76. The molecule has 4 N–H and O–H groups in total. The number of nitrogens with one attached hydrogen (secondary N) is 1. The van der Waals surface area contributed by atoms with Crippen molar-refractivity contribution in [3.63, 3.8) is 0 Å². The van der Waals surface area contributed by atoms with E-state index in [0.717, 1.165) is 24.8 Å². The lowest BCUT2D eigenvalue weighted by molar-refractivity contribution is 0.199. The van der Waals surface area contributed by atoms with E-state index in [1.165, 1.54) is 6.07 Å². The van der Waals surface area contributed by atoms with Crippen molar-refractivity contribution >= 4 is 15.9 Å². The standard InChI is InChI=1S/C14H20BrFN2O/c15-11-5-4-9(6-12(11)16)14(7-17)18-13-3-1-2-10(13)8-19/h4-6,10,13-14,18-19H,1-3,7-8,17H2. The SMILES string of the molecule is NCC(NC1CCCC1CO)c1ccc(Br)c(F)c1. The van der Waals surface area contributed by atoms with Gasteiger partial charge >= 0.3 is 0 Å². The van der Waals surface area contributed by atoms with Gasteiger partial charge in [0.05, 0.1) is 4.47 Å². The minimum Gasteiger partial charge on any atom is -0.396 e. The van der Waals surface area contributed by atoms with Gasteiger partial charge in [-0.25, -0.2) is 4.39 Å². The molecule has 0 spiro atoms. The summed E-state index contributed by atoms with van der Waals surface area (Å²) in [6.07, 6.45) is 3.20. The second-order valence-electron chi connectivity index (χ2n) is 5.11. The molecule has 5 heteroatoms. The number of nitrogens with two attached hydrogens (primary N) is 1. The lowest BCUT2D eigenvalue weighted by Crippen LogP contribution is -2.39. The predicted octanol–water partition coefficient (Wildman–Crippen LogP) is 2.34. The van der Waals surface area contributed by atoms with E-state index in [1.54, 1.807) is 6.07 Å². The van der Waals surface area contributed by atoms with E-state index in [-0.39, 0.29) is 30.4 Å². The topological polar surface area (TPSA) is 58.3 Å². The Hall–Kier alpha value is -0.490. The third-order valence-corrected chi connectivity index (χ3v) is 4.53. The van der Waals surface area contributed by atoms with E-state index in [2.05, 4.69) is 21.2 Å². The van der Waals surface area contributed by atoms with E-state index in [0.29, 0.717) is 11.0 Å². The fourth-order valence-corrected chi connectivity index (χ4v) is 3.01. The van der Waals surface area contributed by atoms with Gasteiger partial charge in [0.2, 0.25) is 0 Å². The first-order chi connectivity index (χ1) is 9.15. The highest BCUT2D eigenvalue weighted by molar-refractivity contribution is 9.10. The van der Waals surface area contributed by atoms with Gasteiger partial charge in [0.1, 0.15) is 5.82 Å². The molecule has 0 bridgehead atoms. The van der Waals surface area contributed by atoms with E-state index < -0.39 is 0 Å². The van der Waals surface area contributed by atoms with Gasteiger partial charge in [-0.15, -0.1) is 0 Å². The zero-order chi connectivity index (χ0) is 13.8. The van der Waals surface area contributed by atoms with Crippen LogP contribution in [0, 0.1) is 11.7 Å². The Bertz CT molecular complexity index is 430. The summed E-state index contributed by atoms with van der Waals surface area (Å²) in [7, 11) is 0. The Morgan fingerprint density at radius 3 is 2.89 bits per heavy atom. The largest absolute Gasteiger partial charge is 0.396 e. The number of aliphatic hydroxyl groups is 1. The number of rotatable bonds is 5. The first-order valence-corrected chi connectivity index (χ1v) is 7.47. The zero-order valence-corrected chi connectivity index (χ0v) is 12.4. The maximum absolute atomic E-state index is 13.6. The number of hydrogen-bond donors (Lipinski definition) is 3. The van der Waals surface area contributed by atoms with Crippen molar-refractivity contribution in [2.75, 3.05) is 13.2 Å². The van der Waals surface area contributed by atoms with Crippen LogP contribution in [0.25, 0.3) is 0 Å². The van der Waals surface area contributed by atoms with Crippen LogP contribution in [0.2, 0.25) is 0 Å². The molecule has 0 aromatic heterocycles. The Morgan fingerprint density at radius 2 is 2.26 bits per heavy atom. The van der Waals surface area contributed by atoms with Crippen molar-refractivity contribution in [1.29, 1.82) is 0 Å². The Labute approximate surface area is 121 Å². The van der Waals surface area contributed by atoms with Gasteiger partial charge in [-0.3, -0.25) is 0 Å². The molecule has 3 atom stereocenters. The molecule has 1 saturated carbocycles. The third kappa shape index (κ3) is 3.54. The lowest BCUT2D eigenvalue weighted by Gasteiger charge is -2.26. The number of hydrogen-bond acceptors (Lipinski definition) is 3. The number of aliphatic hydroxyl groups excluding tert-OH is 1. The van der Waals surface area contributed by atoms with Crippen molar-refractivity contribution in [3.05, 3.63) is 34.1 Å². The predicted molar refractivity (Wildman–Crippen MR) is 77.2 cm³/mol. The van der Waals surface area contributed by atoms with E-state index in [9.17, 15) is 9.50 Å². The van der Waals surface area contributed by atoms with Gasteiger partial charge in [-0.1, -0.05) is 12.5 Å². The molecule has 0 radical (unpaired) electrons. The Kier molecular flexibility index (Phi) is 5.33. The summed E-state index contributed by atoms with van der Waals surface area (Å²) < 4.78 is 14.0. The van der Waals surface area contributed by atoms with Gasteiger partial charge in [0, 0.05) is 25.2 Å². The summed E-state index contributed by atoms with van der Waals surface area (Å²) in [6.45, 7) is 0.610. The molecule has 3 nitrogen and oxygen atoms in total. The molecule has 1 aliphatic carbocycles. The molecule has 19 heavy (non-hydrogen) atoms. The summed E-state index contributed by atoms with van der Waals surface area (Å²) in [5, 5.41) is 12.8. The van der Waals surface area contributed by atoms with Crippen molar-refractivity contribution in [2.24, 2.45) is 11.7 Å². The molecule has 0 aliphatic heterocycles. The van der Waals surface area contributed by atoms with Crippen LogP contribution in [0.4, 0.5) is 4.39 Å². The van der Waals surface area contributed by atoms with Crippen LogP contribution in [0.1, 0.15) is 30.9 Å². The van der Waals surface area contributed by atoms with Crippen molar-refractivity contribution < 1.29 is 9.50 Å². The highest BCUT2D eigenvalue weighted by Gasteiger charge is 2.28. The van der Waals surface area contributed by atoms with E-state index in [1.807, 2.05) is 6.07 Å². The van der Waals surface area contributed by atoms with Crippen LogP contribution in [0.15, 0.2) is 22.7 Å². The molecule has 0 saturated heterocycles. The van der Waals surface area contributed by atoms with Crippen molar-refractivity contribution in [2.45, 2.75) is 31.3 Å². The summed E-state index contributed by atoms with van der Waals surface area (Å²) in [5.41, 5.74) is 6.65. The molecule has 0 heterocycles. The van der Waals surface area contributed by atoms with Crippen molar-refractivity contribution in [1.82, 2.24) is 5.32 Å². The van der Waals surface area contributed by atoms with E-state index >= 15 is 0 Å². The highest BCUT2D eigenvalue weighted by atomic mass is 79.9. The Balaban J connectivity index is 2.09. The van der Waals surface area contributed by atoms with Crippen LogP contribution in [-0.2, 0) is 0 Å². The first-order valence-electron chi connectivity index (χ1n) is 6.67. The lowest BCUT2D eigenvalue weighted by atomic mass is 10.0. The smallest absolute Gasteiger partial charge is 0.137 e. The first kappa shape index (κ1) is 14.9. The van der Waals surface area contributed by atoms with Crippen molar-refractivity contribution in [3.8, 4) is 0 Å². The van der Waals surface area contributed by atoms with Crippen LogP contribution in [-0.4, -0.2) is 24.3 Å². The summed E-state index contributed by atoms with van der Waals surface area (Å²) in [4.78, 5) is 0. The zero-order valence-electron chi connectivity index (χ0n) is 10.8. The summed E-state index contributed by atoms with van der Waals surface area (Å²) in [6, 6.07) is 5.29. The molecule has 0 amide bonds. The maximum atomic E-state index is 13.6. The second-order valence-corrected chi connectivity index (χ2v) is 5.96. The molecule has 106 valence electrons. The van der Waals surface area contributed by atoms with Gasteiger partial charge in [-0.2, -0.15) is 0 Å². The summed E-state index contributed by atoms with van der Waals surface area (Å²) >= 11 is 3.15. The van der Waals surface area contributed by atoms with Crippen LogP contribution in [0.5, 0.6) is 0 Å². The molecular formula is C14H20BrFN2O.